The third-order valence-electron chi connectivity index (χ3n) is 5.06. The molecule has 7 heteroatoms. The molecule has 1 N–H and O–H groups in total. The van der Waals surface area contributed by atoms with Gasteiger partial charge in [-0.3, -0.25) is 4.79 Å². The molecule has 1 aliphatic carbocycles. The zero-order chi connectivity index (χ0) is 21.1. The minimum Gasteiger partial charge on any atom is -0.356 e. The second-order valence-corrected chi connectivity index (χ2v) is 8.76. The highest BCUT2D eigenvalue weighted by atomic mass is 32.2. The van der Waals surface area contributed by atoms with E-state index in [1.54, 1.807) is 0 Å². The van der Waals surface area contributed by atoms with Crippen LogP contribution < -0.4 is 10.2 Å². The van der Waals surface area contributed by atoms with Crippen molar-refractivity contribution in [3.63, 3.8) is 0 Å². The molecule has 1 heterocycles. The highest BCUT2D eigenvalue weighted by Crippen LogP contribution is 2.38. The van der Waals surface area contributed by atoms with Gasteiger partial charge in [-0.2, -0.15) is 0 Å². The van der Waals surface area contributed by atoms with Crippen molar-refractivity contribution in [3.8, 4) is 0 Å². The first-order valence-corrected chi connectivity index (χ1v) is 11.3. The Bertz CT molecular complexity index is 996. The van der Waals surface area contributed by atoms with Crippen LogP contribution in [0.2, 0.25) is 0 Å². The summed E-state index contributed by atoms with van der Waals surface area (Å²) < 4.78 is 2.17. The number of carbonyl (C=O) groups is 1. The molecule has 0 unspecified atom stereocenters. The molecule has 4 rings (SSSR count). The lowest BCUT2D eigenvalue weighted by Gasteiger charge is -2.27. The minimum atomic E-state index is 0.0640. The number of para-hydroxylation sites is 1. The van der Waals surface area contributed by atoms with Crippen LogP contribution in [0.5, 0.6) is 0 Å². The summed E-state index contributed by atoms with van der Waals surface area (Å²) in [6.45, 7) is 6.05. The van der Waals surface area contributed by atoms with Gasteiger partial charge in [-0.25, -0.2) is 0 Å². The molecule has 1 fully saturated rings. The smallest absolute Gasteiger partial charge is 0.237 e. The Balaban J connectivity index is 1.43. The number of carbonyl (C=O) groups excluding carboxylic acids is 1. The van der Waals surface area contributed by atoms with Crippen molar-refractivity contribution in [1.29, 1.82) is 0 Å². The molecule has 6 nitrogen and oxygen atoms in total. The molecule has 0 aliphatic heterocycles. The summed E-state index contributed by atoms with van der Waals surface area (Å²) in [6, 6.07) is 18.6. The van der Waals surface area contributed by atoms with Gasteiger partial charge in [0, 0.05) is 29.1 Å². The largest absolute Gasteiger partial charge is 0.356 e. The first-order valence-electron chi connectivity index (χ1n) is 10.3. The van der Waals surface area contributed by atoms with Gasteiger partial charge in [0.2, 0.25) is 5.91 Å². The van der Waals surface area contributed by atoms with E-state index in [0.717, 1.165) is 28.0 Å². The van der Waals surface area contributed by atoms with Crippen LogP contribution in [0.3, 0.4) is 0 Å². The molecule has 0 saturated heterocycles. The predicted molar refractivity (Wildman–Crippen MR) is 123 cm³/mol. The lowest BCUT2D eigenvalue weighted by molar-refractivity contribution is -0.116. The molecule has 2 aromatic carbocycles. The fourth-order valence-corrected chi connectivity index (χ4v) is 4.43. The van der Waals surface area contributed by atoms with Crippen LogP contribution in [0.4, 0.5) is 17.1 Å². The molecule has 1 aromatic heterocycles. The third kappa shape index (κ3) is 4.67. The number of rotatable bonds is 8. The van der Waals surface area contributed by atoms with E-state index in [-0.39, 0.29) is 11.9 Å². The molecule has 156 valence electrons. The molecule has 0 atom stereocenters. The van der Waals surface area contributed by atoms with Crippen molar-refractivity contribution in [2.45, 2.75) is 50.9 Å². The summed E-state index contributed by atoms with van der Waals surface area (Å²) in [5, 5.41) is 12.7. The summed E-state index contributed by atoms with van der Waals surface area (Å²) >= 11 is 1.48. The number of aryl methyl sites for hydroxylation is 1. The zero-order valence-electron chi connectivity index (χ0n) is 17.6. The van der Waals surface area contributed by atoms with E-state index in [1.165, 1.54) is 24.6 Å². The van der Waals surface area contributed by atoms with Gasteiger partial charge in [-0.15, -0.1) is 10.2 Å². The number of anilines is 3. The zero-order valence-corrected chi connectivity index (χ0v) is 18.4. The highest BCUT2D eigenvalue weighted by molar-refractivity contribution is 7.99. The van der Waals surface area contributed by atoms with Gasteiger partial charge in [0.25, 0.3) is 0 Å². The second-order valence-electron chi connectivity index (χ2n) is 7.82. The Morgan fingerprint density at radius 1 is 1.10 bits per heavy atom. The van der Waals surface area contributed by atoms with E-state index in [2.05, 4.69) is 20.1 Å². The molecular weight excluding hydrogens is 394 g/mol. The lowest BCUT2D eigenvalue weighted by Crippen LogP contribution is -2.38. The number of benzene rings is 2. The topological polar surface area (TPSA) is 63.1 Å². The molecule has 3 aromatic rings. The van der Waals surface area contributed by atoms with Crippen molar-refractivity contribution in [3.05, 3.63) is 60.4 Å². The molecule has 30 heavy (non-hydrogen) atoms. The van der Waals surface area contributed by atoms with Crippen molar-refractivity contribution >= 4 is 34.7 Å². The quantitative estimate of drug-likeness (QED) is 0.507. The summed E-state index contributed by atoms with van der Waals surface area (Å²) in [7, 11) is 0. The normalized spacial score (nSPS) is 13.5. The van der Waals surface area contributed by atoms with Crippen molar-refractivity contribution < 1.29 is 4.79 Å². The van der Waals surface area contributed by atoms with Gasteiger partial charge < -0.3 is 14.8 Å². The van der Waals surface area contributed by atoms with Crippen LogP contribution >= 0.6 is 11.8 Å². The van der Waals surface area contributed by atoms with E-state index >= 15 is 0 Å². The van der Waals surface area contributed by atoms with Crippen LogP contribution in [-0.4, -0.2) is 32.5 Å². The summed E-state index contributed by atoms with van der Waals surface area (Å²) in [5.41, 5.74) is 2.92. The molecule has 0 spiro atoms. The first kappa shape index (κ1) is 20.5. The van der Waals surface area contributed by atoms with Gasteiger partial charge >= 0.3 is 0 Å². The molecule has 0 bridgehead atoms. The fourth-order valence-electron chi connectivity index (χ4n) is 3.52. The molecular formula is C23H27N5OS. The van der Waals surface area contributed by atoms with E-state index < -0.39 is 0 Å². The van der Waals surface area contributed by atoms with Gasteiger partial charge in [0.15, 0.2) is 5.16 Å². The monoisotopic (exact) mass is 421 g/mol. The lowest BCUT2D eigenvalue weighted by atomic mass is 10.2. The number of aromatic nitrogens is 3. The van der Waals surface area contributed by atoms with Crippen LogP contribution in [0, 0.1) is 6.92 Å². The Labute approximate surface area is 181 Å². The third-order valence-corrected chi connectivity index (χ3v) is 5.99. The van der Waals surface area contributed by atoms with E-state index in [0.29, 0.717) is 11.8 Å². The maximum absolute atomic E-state index is 13.1. The minimum absolute atomic E-state index is 0.0640. The first-order chi connectivity index (χ1) is 14.5. The Morgan fingerprint density at radius 3 is 2.40 bits per heavy atom. The number of hydrogen-bond acceptors (Lipinski definition) is 5. The van der Waals surface area contributed by atoms with Crippen molar-refractivity contribution in [2.24, 2.45) is 0 Å². The van der Waals surface area contributed by atoms with Gasteiger partial charge in [0.05, 0.1) is 5.75 Å². The highest BCUT2D eigenvalue weighted by Gasteiger charge is 2.29. The fraction of sp³-hybridized carbons (Fsp3) is 0.348. The molecule has 1 saturated carbocycles. The maximum Gasteiger partial charge on any atom is 0.237 e. The number of nitrogens with zero attached hydrogens (tertiary/aromatic N) is 4. The number of nitrogens with one attached hydrogen (secondary N) is 1. The van der Waals surface area contributed by atoms with E-state index in [4.69, 9.17) is 0 Å². The van der Waals surface area contributed by atoms with Crippen molar-refractivity contribution in [1.82, 2.24) is 14.8 Å². The molecule has 1 amide bonds. The maximum atomic E-state index is 13.1. The Morgan fingerprint density at radius 2 is 1.77 bits per heavy atom. The molecule has 1 aliphatic rings. The summed E-state index contributed by atoms with van der Waals surface area (Å²) in [6.07, 6.45) is 2.34. The number of thioether (sulfide) groups is 1. The number of hydrogen-bond donors (Lipinski definition) is 1. The van der Waals surface area contributed by atoms with Crippen LogP contribution in [0.25, 0.3) is 0 Å². The second kappa shape index (κ2) is 8.92. The average molecular weight is 422 g/mol. The molecule has 0 radical (unpaired) electrons. The van der Waals surface area contributed by atoms with Gasteiger partial charge in [-0.1, -0.05) is 30.0 Å². The van der Waals surface area contributed by atoms with Gasteiger partial charge in [0.1, 0.15) is 5.82 Å². The summed E-state index contributed by atoms with van der Waals surface area (Å²) in [4.78, 5) is 14.9. The van der Waals surface area contributed by atoms with Crippen molar-refractivity contribution in [2.75, 3.05) is 16.0 Å². The summed E-state index contributed by atoms with van der Waals surface area (Å²) in [5.74, 6) is 1.34. The Kier molecular flexibility index (Phi) is 6.08. The SMILES string of the molecule is Cc1nnc(SCC(=O)N(c2ccc(Nc3ccccc3)cc2)C(C)C)n1C1CC1. The number of amides is 1. The Hall–Kier alpha value is -2.80. The van der Waals surface area contributed by atoms with E-state index in [1.807, 2.05) is 80.3 Å². The van der Waals surface area contributed by atoms with Crippen LogP contribution in [-0.2, 0) is 4.79 Å². The van der Waals surface area contributed by atoms with Crippen LogP contribution in [0.1, 0.15) is 38.6 Å². The predicted octanol–water partition coefficient (Wildman–Crippen LogP) is 5.20. The van der Waals surface area contributed by atoms with Crippen LogP contribution in [0.15, 0.2) is 59.8 Å². The van der Waals surface area contributed by atoms with Gasteiger partial charge in [-0.05, 0) is 70.0 Å². The standard InChI is InChI=1S/C23H27N5OS/c1-16(2)27(20-11-9-19(10-12-20)24-18-7-5-4-6-8-18)22(29)15-30-23-26-25-17(3)28(23)21-13-14-21/h4-12,16,21,24H,13-15H2,1-3H3. The average Bonchev–Trinajstić information content (AvgIpc) is 3.50. The van der Waals surface area contributed by atoms with E-state index in [9.17, 15) is 4.79 Å².